The number of benzene rings is 1. The van der Waals surface area contributed by atoms with Crippen molar-refractivity contribution < 1.29 is 14.3 Å². The van der Waals surface area contributed by atoms with Crippen LogP contribution in [0.25, 0.3) is 0 Å². The number of hydrogen-bond acceptors (Lipinski definition) is 4. The largest absolute Gasteiger partial charge is 0.493 e. The van der Waals surface area contributed by atoms with Crippen LogP contribution >= 0.6 is 0 Å². The molecule has 1 rings (SSSR count). The number of carbonyl (C=O) groups is 1. The number of para-hydroxylation sites is 1. The van der Waals surface area contributed by atoms with E-state index in [0.29, 0.717) is 18.0 Å². The van der Waals surface area contributed by atoms with E-state index in [2.05, 4.69) is 0 Å². The molecule has 0 saturated carbocycles. The van der Waals surface area contributed by atoms with Crippen LogP contribution in [0.2, 0.25) is 0 Å². The lowest BCUT2D eigenvalue weighted by Crippen LogP contribution is -2.44. The van der Waals surface area contributed by atoms with Crippen molar-refractivity contribution in [3.63, 3.8) is 0 Å². The molecule has 0 fully saturated rings. The van der Waals surface area contributed by atoms with Gasteiger partial charge in [-0.05, 0) is 12.0 Å². The van der Waals surface area contributed by atoms with E-state index < -0.39 is 6.04 Å². The van der Waals surface area contributed by atoms with Gasteiger partial charge in [0, 0.05) is 19.2 Å². The molecule has 0 saturated heterocycles. The van der Waals surface area contributed by atoms with Gasteiger partial charge in [0.15, 0.2) is 11.5 Å². The highest BCUT2D eigenvalue weighted by atomic mass is 16.5. The fraction of sp³-hybridized carbons (Fsp3) is 0.533. The Morgan fingerprint density at radius 1 is 1.30 bits per heavy atom. The molecule has 1 aromatic rings. The Morgan fingerprint density at radius 2 is 1.95 bits per heavy atom. The summed E-state index contributed by atoms with van der Waals surface area (Å²) in [6, 6.07) is 5.12. The number of likely N-dealkylation sites (N-methyl/N-ethyl adjacent to an activating group) is 1. The van der Waals surface area contributed by atoms with Gasteiger partial charge < -0.3 is 20.1 Å². The van der Waals surface area contributed by atoms with Crippen LogP contribution in [0.15, 0.2) is 18.2 Å². The zero-order valence-corrected chi connectivity index (χ0v) is 12.8. The fourth-order valence-corrected chi connectivity index (χ4v) is 1.95. The molecule has 112 valence electrons. The van der Waals surface area contributed by atoms with Gasteiger partial charge in [0.25, 0.3) is 0 Å². The molecule has 0 radical (unpaired) electrons. The van der Waals surface area contributed by atoms with Crippen LogP contribution in [0.1, 0.15) is 19.4 Å². The van der Waals surface area contributed by atoms with Gasteiger partial charge in [-0.3, -0.25) is 4.79 Å². The number of amides is 1. The van der Waals surface area contributed by atoms with Crippen LogP contribution in [0, 0.1) is 5.92 Å². The van der Waals surface area contributed by atoms with Crippen LogP contribution in [-0.4, -0.2) is 38.1 Å². The Morgan fingerprint density at radius 3 is 2.45 bits per heavy atom. The van der Waals surface area contributed by atoms with E-state index in [1.54, 1.807) is 26.2 Å². The van der Waals surface area contributed by atoms with Gasteiger partial charge in [-0.15, -0.1) is 0 Å². The molecule has 0 aliphatic rings. The molecule has 0 aromatic heterocycles. The second-order valence-electron chi connectivity index (χ2n) is 5.12. The summed E-state index contributed by atoms with van der Waals surface area (Å²) in [6.07, 6.45) is 0. The van der Waals surface area contributed by atoms with Gasteiger partial charge in [0.2, 0.25) is 5.91 Å². The Hall–Kier alpha value is -1.75. The average molecular weight is 280 g/mol. The molecule has 5 nitrogen and oxygen atoms in total. The summed E-state index contributed by atoms with van der Waals surface area (Å²) in [5.41, 5.74) is 6.78. The molecule has 0 spiro atoms. The normalized spacial score (nSPS) is 12.2. The van der Waals surface area contributed by atoms with Gasteiger partial charge in [0.05, 0.1) is 20.3 Å². The molecular weight excluding hydrogens is 256 g/mol. The maximum Gasteiger partial charge on any atom is 0.239 e. The van der Waals surface area contributed by atoms with E-state index in [1.165, 1.54) is 0 Å². The Kier molecular flexibility index (Phi) is 5.82. The molecule has 0 bridgehead atoms. The standard InChI is InChI=1S/C15H24N2O3/c1-10(2)13(16)15(18)17(3)9-11-7-6-8-12(19-4)14(11)20-5/h6-8,10,13H,9,16H2,1-5H3. The molecule has 5 heteroatoms. The van der Waals surface area contributed by atoms with Crippen LogP contribution in [-0.2, 0) is 11.3 Å². The minimum absolute atomic E-state index is 0.0788. The summed E-state index contributed by atoms with van der Waals surface area (Å²) in [5, 5.41) is 0. The van der Waals surface area contributed by atoms with Crippen molar-refractivity contribution in [1.29, 1.82) is 0 Å². The first-order valence-electron chi connectivity index (χ1n) is 6.62. The van der Waals surface area contributed by atoms with Crippen LogP contribution in [0.4, 0.5) is 0 Å². The smallest absolute Gasteiger partial charge is 0.239 e. The second-order valence-corrected chi connectivity index (χ2v) is 5.12. The molecule has 1 unspecified atom stereocenters. The number of nitrogens with zero attached hydrogens (tertiary/aromatic N) is 1. The fourth-order valence-electron chi connectivity index (χ4n) is 1.95. The summed E-state index contributed by atoms with van der Waals surface area (Å²) >= 11 is 0. The number of rotatable bonds is 6. The second kappa shape index (κ2) is 7.14. The van der Waals surface area contributed by atoms with Crippen LogP contribution < -0.4 is 15.2 Å². The molecule has 0 heterocycles. The number of ether oxygens (including phenoxy) is 2. The first kappa shape index (κ1) is 16.3. The van der Waals surface area contributed by atoms with Gasteiger partial charge in [0.1, 0.15) is 0 Å². The minimum Gasteiger partial charge on any atom is -0.493 e. The summed E-state index contributed by atoms with van der Waals surface area (Å²) in [4.78, 5) is 13.8. The topological polar surface area (TPSA) is 64.8 Å². The molecule has 2 N–H and O–H groups in total. The third-order valence-electron chi connectivity index (χ3n) is 3.27. The maximum absolute atomic E-state index is 12.2. The molecule has 1 amide bonds. The number of nitrogens with two attached hydrogens (primary N) is 1. The molecule has 1 atom stereocenters. The number of methoxy groups -OCH3 is 2. The van der Waals surface area contributed by atoms with Crippen LogP contribution in [0.5, 0.6) is 11.5 Å². The lowest BCUT2D eigenvalue weighted by Gasteiger charge is -2.24. The number of hydrogen-bond donors (Lipinski definition) is 1. The van der Waals surface area contributed by atoms with Crippen molar-refractivity contribution in [2.45, 2.75) is 26.4 Å². The van der Waals surface area contributed by atoms with E-state index >= 15 is 0 Å². The van der Waals surface area contributed by atoms with Gasteiger partial charge in [-0.2, -0.15) is 0 Å². The van der Waals surface area contributed by atoms with Crippen LogP contribution in [0.3, 0.4) is 0 Å². The molecular formula is C15H24N2O3. The van der Waals surface area contributed by atoms with Gasteiger partial charge in [-0.1, -0.05) is 26.0 Å². The van der Waals surface area contributed by atoms with Crippen molar-refractivity contribution in [2.75, 3.05) is 21.3 Å². The zero-order valence-electron chi connectivity index (χ0n) is 12.8. The third kappa shape index (κ3) is 3.63. The highest BCUT2D eigenvalue weighted by molar-refractivity contribution is 5.81. The first-order valence-corrected chi connectivity index (χ1v) is 6.62. The molecule has 20 heavy (non-hydrogen) atoms. The lowest BCUT2D eigenvalue weighted by molar-refractivity contribution is -0.132. The van der Waals surface area contributed by atoms with E-state index in [1.807, 2.05) is 32.0 Å². The molecule has 0 aliphatic carbocycles. The van der Waals surface area contributed by atoms with Crippen molar-refractivity contribution in [3.8, 4) is 11.5 Å². The average Bonchev–Trinajstić information content (AvgIpc) is 2.44. The Labute approximate surface area is 120 Å². The van der Waals surface area contributed by atoms with Crippen molar-refractivity contribution in [3.05, 3.63) is 23.8 Å². The number of carbonyl (C=O) groups excluding carboxylic acids is 1. The van der Waals surface area contributed by atoms with E-state index in [0.717, 1.165) is 5.56 Å². The zero-order chi connectivity index (χ0) is 15.3. The summed E-state index contributed by atoms with van der Waals surface area (Å²) < 4.78 is 10.6. The summed E-state index contributed by atoms with van der Waals surface area (Å²) in [5.74, 6) is 1.33. The third-order valence-corrected chi connectivity index (χ3v) is 3.27. The Bertz CT molecular complexity index is 460. The molecule has 0 aliphatic heterocycles. The highest BCUT2D eigenvalue weighted by Crippen LogP contribution is 2.31. The quantitative estimate of drug-likeness (QED) is 0.860. The first-order chi connectivity index (χ1) is 9.42. The summed E-state index contributed by atoms with van der Waals surface area (Å²) in [6.45, 7) is 4.30. The SMILES string of the molecule is COc1cccc(CN(C)C(=O)C(N)C(C)C)c1OC. The van der Waals surface area contributed by atoms with Gasteiger partial charge in [-0.25, -0.2) is 0 Å². The molecule has 1 aromatic carbocycles. The Balaban J connectivity index is 2.90. The van der Waals surface area contributed by atoms with Crippen molar-refractivity contribution in [2.24, 2.45) is 11.7 Å². The van der Waals surface area contributed by atoms with Crippen molar-refractivity contribution >= 4 is 5.91 Å². The van der Waals surface area contributed by atoms with Gasteiger partial charge >= 0.3 is 0 Å². The minimum atomic E-state index is -0.489. The maximum atomic E-state index is 12.2. The van der Waals surface area contributed by atoms with E-state index in [4.69, 9.17) is 15.2 Å². The summed E-state index contributed by atoms with van der Waals surface area (Å²) in [7, 11) is 4.91. The van der Waals surface area contributed by atoms with E-state index in [9.17, 15) is 4.79 Å². The monoisotopic (exact) mass is 280 g/mol. The van der Waals surface area contributed by atoms with Crippen molar-refractivity contribution in [1.82, 2.24) is 4.90 Å². The van der Waals surface area contributed by atoms with E-state index in [-0.39, 0.29) is 11.8 Å². The lowest BCUT2D eigenvalue weighted by atomic mass is 10.0. The highest BCUT2D eigenvalue weighted by Gasteiger charge is 2.22. The predicted molar refractivity (Wildman–Crippen MR) is 78.8 cm³/mol. The predicted octanol–water partition coefficient (Wildman–Crippen LogP) is 1.65.